The van der Waals surface area contributed by atoms with Gasteiger partial charge in [0, 0.05) is 5.70 Å². The number of ether oxygens (including phenoxy) is 2. The number of carbonyl (C=O) groups excluding carboxylic acids is 2. The fourth-order valence-electron chi connectivity index (χ4n) is 2.27. The Kier molecular flexibility index (Phi) is 4.47. The molecule has 0 aromatic heterocycles. The smallest absolute Gasteiger partial charge is 0.337 e. The van der Waals surface area contributed by atoms with Gasteiger partial charge in [0.2, 0.25) is 0 Å². The molecule has 0 aliphatic carbocycles. The monoisotopic (exact) mass is 290 g/mol. The van der Waals surface area contributed by atoms with Crippen molar-refractivity contribution in [3.05, 3.63) is 41.1 Å². The highest BCUT2D eigenvalue weighted by Crippen LogP contribution is 2.29. The Bertz CT molecular complexity index is 595. The fraction of sp³-hybridized carbons (Fsp3) is 0.333. The lowest BCUT2D eigenvalue weighted by Crippen LogP contribution is -2.45. The summed E-state index contributed by atoms with van der Waals surface area (Å²) in [6, 6.07) is 6.35. The fourth-order valence-corrected chi connectivity index (χ4v) is 2.27. The molecule has 0 bridgehead atoms. The van der Waals surface area contributed by atoms with Crippen LogP contribution in [0.15, 0.2) is 35.5 Å². The van der Waals surface area contributed by atoms with E-state index >= 15 is 0 Å². The maximum atomic E-state index is 12.0. The third-order valence-corrected chi connectivity index (χ3v) is 3.18. The minimum atomic E-state index is -0.563. The van der Waals surface area contributed by atoms with Crippen molar-refractivity contribution >= 4 is 12.0 Å². The van der Waals surface area contributed by atoms with E-state index in [1.54, 1.807) is 13.0 Å². The molecule has 0 radical (unpaired) electrons. The molecule has 1 aliphatic rings. The number of allylic oxidation sites excluding steroid dienone is 1. The lowest BCUT2D eigenvalue weighted by atomic mass is 9.95. The van der Waals surface area contributed by atoms with Gasteiger partial charge in [0.1, 0.15) is 5.75 Å². The van der Waals surface area contributed by atoms with Gasteiger partial charge in [-0.3, -0.25) is 0 Å². The lowest BCUT2D eigenvalue weighted by molar-refractivity contribution is -0.136. The standard InChI is InChI=1S/C15H18N2O4/c1-4-21-11-7-5-6-10(8-11)13-12(14(18)20-3)9(2)16-15(19)17-13/h5-8,13H,4H2,1-3H3,(H2,16,17,19)/t13-/m1/s1. The molecule has 0 unspecified atom stereocenters. The van der Waals surface area contributed by atoms with Crippen LogP contribution in [0.3, 0.4) is 0 Å². The molecule has 1 aliphatic heterocycles. The van der Waals surface area contributed by atoms with E-state index in [4.69, 9.17) is 9.47 Å². The zero-order valence-corrected chi connectivity index (χ0v) is 12.2. The Balaban J connectivity index is 2.43. The summed E-state index contributed by atoms with van der Waals surface area (Å²) in [6.07, 6.45) is 0. The summed E-state index contributed by atoms with van der Waals surface area (Å²) in [6.45, 7) is 4.11. The van der Waals surface area contributed by atoms with Crippen LogP contribution in [0.5, 0.6) is 5.75 Å². The van der Waals surface area contributed by atoms with Crippen molar-refractivity contribution in [2.24, 2.45) is 0 Å². The number of hydrogen-bond acceptors (Lipinski definition) is 4. The first kappa shape index (κ1) is 14.9. The molecule has 2 amide bonds. The van der Waals surface area contributed by atoms with Gasteiger partial charge in [-0.05, 0) is 31.5 Å². The van der Waals surface area contributed by atoms with Crippen LogP contribution in [0, 0.1) is 0 Å². The molecule has 0 saturated carbocycles. The Labute approximate surface area is 123 Å². The Hall–Kier alpha value is -2.50. The highest BCUT2D eigenvalue weighted by Gasteiger charge is 2.31. The van der Waals surface area contributed by atoms with Crippen molar-refractivity contribution in [2.45, 2.75) is 19.9 Å². The molecular formula is C15H18N2O4. The van der Waals surface area contributed by atoms with E-state index in [1.807, 2.05) is 25.1 Å². The highest BCUT2D eigenvalue weighted by atomic mass is 16.5. The van der Waals surface area contributed by atoms with Crippen LogP contribution in [-0.2, 0) is 9.53 Å². The van der Waals surface area contributed by atoms with Gasteiger partial charge in [-0.15, -0.1) is 0 Å². The summed E-state index contributed by atoms with van der Waals surface area (Å²) in [5, 5.41) is 5.31. The number of nitrogens with one attached hydrogen (secondary N) is 2. The molecule has 112 valence electrons. The van der Waals surface area contributed by atoms with Gasteiger partial charge < -0.3 is 20.1 Å². The van der Waals surface area contributed by atoms with Crippen molar-refractivity contribution in [1.29, 1.82) is 0 Å². The number of urea groups is 1. The highest BCUT2D eigenvalue weighted by molar-refractivity contribution is 5.94. The summed E-state index contributed by atoms with van der Waals surface area (Å²) < 4.78 is 10.3. The molecule has 1 atom stereocenters. The second-order valence-corrected chi connectivity index (χ2v) is 4.57. The Morgan fingerprint density at radius 2 is 2.14 bits per heavy atom. The van der Waals surface area contributed by atoms with Crippen molar-refractivity contribution in [1.82, 2.24) is 10.6 Å². The largest absolute Gasteiger partial charge is 0.494 e. The SMILES string of the molecule is CCOc1cccc([C@H]2NC(=O)NC(C)=C2C(=O)OC)c1. The quantitative estimate of drug-likeness (QED) is 0.830. The zero-order chi connectivity index (χ0) is 15.4. The maximum absolute atomic E-state index is 12.0. The Morgan fingerprint density at radius 1 is 1.38 bits per heavy atom. The third-order valence-electron chi connectivity index (χ3n) is 3.18. The normalized spacial score (nSPS) is 17.9. The van der Waals surface area contributed by atoms with Crippen LogP contribution in [0.4, 0.5) is 4.79 Å². The van der Waals surface area contributed by atoms with E-state index in [9.17, 15) is 9.59 Å². The van der Waals surface area contributed by atoms with Crippen LogP contribution in [0.1, 0.15) is 25.5 Å². The van der Waals surface area contributed by atoms with Gasteiger partial charge in [0.05, 0.1) is 25.3 Å². The minimum absolute atomic E-state index is 0.355. The molecule has 0 saturated heterocycles. The van der Waals surface area contributed by atoms with Gasteiger partial charge in [-0.2, -0.15) is 0 Å². The summed E-state index contributed by atoms with van der Waals surface area (Å²) in [4.78, 5) is 23.7. The predicted molar refractivity (Wildman–Crippen MR) is 76.7 cm³/mol. The van der Waals surface area contributed by atoms with Gasteiger partial charge in [-0.1, -0.05) is 12.1 Å². The lowest BCUT2D eigenvalue weighted by Gasteiger charge is -2.28. The minimum Gasteiger partial charge on any atom is -0.494 e. The van der Waals surface area contributed by atoms with E-state index in [2.05, 4.69) is 10.6 Å². The van der Waals surface area contributed by atoms with Crippen LogP contribution in [0.25, 0.3) is 0 Å². The number of amides is 2. The van der Waals surface area contributed by atoms with Crippen LogP contribution in [0.2, 0.25) is 0 Å². The predicted octanol–water partition coefficient (Wildman–Crippen LogP) is 1.89. The zero-order valence-electron chi connectivity index (χ0n) is 12.2. The first-order chi connectivity index (χ1) is 10.1. The number of esters is 1. The third kappa shape index (κ3) is 3.16. The number of carbonyl (C=O) groups is 2. The van der Waals surface area contributed by atoms with E-state index < -0.39 is 12.0 Å². The second kappa shape index (κ2) is 6.30. The topological polar surface area (TPSA) is 76.7 Å². The molecule has 0 fully saturated rings. The number of rotatable bonds is 4. The van der Waals surface area contributed by atoms with Gasteiger partial charge >= 0.3 is 12.0 Å². The van der Waals surface area contributed by atoms with Gasteiger partial charge in [-0.25, -0.2) is 9.59 Å². The molecular weight excluding hydrogens is 272 g/mol. The second-order valence-electron chi connectivity index (χ2n) is 4.57. The molecule has 6 heteroatoms. The average molecular weight is 290 g/mol. The van der Waals surface area contributed by atoms with E-state index in [1.165, 1.54) is 7.11 Å². The summed E-state index contributed by atoms with van der Waals surface area (Å²) in [5.74, 6) is 0.205. The molecule has 1 aromatic rings. The summed E-state index contributed by atoms with van der Waals surface area (Å²) in [7, 11) is 1.31. The molecule has 1 heterocycles. The van der Waals surface area contributed by atoms with Gasteiger partial charge in [0.25, 0.3) is 0 Å². The summed E-state index contributed by atoms with van der Waals surface area (Å²) in [5.41, 5.74) is 1.62. The summed E-state index contributed by atoms with van der Waals surface area (Å²) >= 11 is 0. The molecule has 0 spiro atoms. The number of hydrogen-bond donors (Lipinski definition) is 2. The van der Waals surface area contributed by atoms with Crippen LogP contribution >= 0.6 is 0 Å². The first-order valence-corrected chi connectivity index (χ1v) is 6.66. The maximum Gasteiger partial charge on any atom is 0.337 e. The molecule has 2 N–H and O–H groups in total. The molecule has 1 aromatic carbocycles. The van der Waals surface area contributed by atoms with E-state index in [-0.39, 0.29) is 6.03 Å². The number of benzene rings is 1. The van der Waals surface area contributed by atoms with E-state index in [0.29, 0.717) is 23.6 Å². The van der Waals surface area contributed by atoms with Crippen molar-refractivity contribution in [3.63, 3.8) is 0 Å². The van der Waals surface area contributed by atoms with Crippen molar-refractivity contribution in [3.8, 4) is 5.75 Å². The first-order valence-electron chi connectivity index (χ1n) is 6.66. The molecule has 21 heavy (non-hydrogen) atoms. The molecule has 2 rings (SSSR count). The van der Waals surface area contributed by atoms with Crippen LogP contribution < -0.4 is 15.4 Å². The van der Waals surface area contributed by atoms with Crippen molar-refractivity contribution in [2.75, 3.05) is 13.7 Å². The Morgan fingerprint density at radius 3 is 2.81 bits per heavy atom. The van der Waals surface area contributed by atoms with E-state index in [0.717, 1.165) is 5.56 Å². The van der Waals surface area contributed by atoms with Crippen LogP contribution in [-0.4, -0.2) is 25.7 Å². The van der Waals surface area contributed by atoms with Crippen molar-refractivity contribution < 1.29 is 19.1 Å². The average Bonchev–Trinajstić information content (AvgIpc) is 2.46. The number of methoxy groups -OCH3 is 1. The molecule has 6 nitrogen and oxygen atoms in total. The van der Waals surface area contributed by atoms with Gasteiger partial charge in [0.15, 0.2) is 0 Å².